The minimum atomic E-state index is 0.126. The topological polar surface area (TPSA) is 41.6 Å². The Kier molecular flexibility index (Phi) is 3.78. The van der Waals surface area contributed by atoms with Crippen molar-refractivity contribution < 1.29 is 9.53 Å². The van der Waals surface area contributed by atoms with Gasteiger partial charge in [-0.15, -0.1) is 0 Å². The second-order valence-corrected chi connectivity index (χ2v) is 6.93. The molecule has 1 aromatic rings. The number of nitrogens with zero attached hydrogens (tertiary/aromatic N) is 1. The SMILES string of the molecule is O=C(c1ccccc1OCC1CC1)N1CCC2CCC(C1)N2. The lowest BCUT2D eigenvalue weighted by atomic mass is 10.1. The monoisotopic (exact) mass is 300 g/mol. The van der Waals surface area contributed by atoms with Crippen LogP contribution in [0.3, 0.4) is 0 Å². The van der Waals surface area contributed by atoms with Crippen LogP contribution < -0.4 is 10.1 Å². The van der Waals surface area contributed by atoms with E-state index in [1.165, 1.54) is 25.7 Å². The molecule has 22 heavy (non-hydrogen) atoms. The third-order valence-electron chi connectivity index (χ3n) is 5.10. The van der Waals surface area contributed by atoms with Gasteiger partial charge in [0, 0.05) is 25.2 Å². The lowest BCUT2D eigenvalue weighted by Gasteiger charge is -2.25. The van der Waals surface area contributed by atoms with Gasteiger partial charge in [-0.05, 0) is 50.2 Å². The van der Waals surface area contributed by atoms with Gasteiger partial charge in [0.1, 0.15) is 5.75 Å². The van der Waals surface area contributed by atoms with E-state index in [4.69, 9.17) is 4.74 Å². The van der Waals surface area contributed by atoms with E-state index in [1.54, 1.807) is 0 Å². The predicted molar refractivity (Wildman–Crippen MR) is 85.1 cm³/mol. The van der Waals surface area contributed by atoms with Crippen molar-refractivity contribution in [2.45, 2.75) is 44.2 Å². The second kappa shape index (κ2) is 5.92. The molecule has 2 bridgehead atoms. The third-order valence-corrected chi connectivity index (χ3v) is 5.10. The van der Waals surface area contributed by atoms with Crippen LogP contribution in [0.15, 0.2) is 24.3 Å². The fraction of sp³-hybridized carbons (Fsp3) is 0.611. The number of para-hydroxylation sites is 1. The molecule has 2 aliphatic heterocycles. The number of rotatable bonds is 4. The van der Waals surface area contributed by atoms with E-state index in [-0.39, 0.29) is 5.91 Å². The zero-order chi connectivity index (χ0) is 14.9. The average molecular weight is 300 g/mol. The van der Waals surface area contributed by atoms with E-state index < -0.39 is 0 Å². The van der Waals surface area contributed by atoms with Gasteiger partial charge in [-0.2, -0.15) is 0 Å². The smallest absolute Gasteiger partial charge is 0.257 e. The number of hydrogen-bond acceptors (Lipinski definition) is 3. The van der Waals surface area contributed by atoms with E-state index in [0.29, 0.717) is 18.0 Å². The average Bonchev–Trinajstić information content (AvgIpc) is 3.29. The summed E-state index contributed by atoms with van der Waals surface area (Å²) in [4.78, 5) is 14.9. The summed E-state index contributed by atoms with van der Waals surface area (Å²) < 4.78 is 5.90. The first-order chi connectivity index (χ1) is 10.8. The van der Waals surface area contributed by atoms with E-state index >= 15 is 0 Å². The van der Waals surface area contributed by atoms with Crippen LogP contribution in [0.1, 0.15) is 42.5 Å². The summed E-state index contributed by atoms with van der Waals surface area (Å²) >= 11 is 0. The molecule has 118 valence electrons. The molecule has 2 unspecified atom stereocenters. The molecule has 1 saturated carbocycles. The summed E-state index contributed by atoms with van der Waals surface area (Å²) in [7, 11) is 0. The Hall–Kier alpha value is -1.55. The number of ether oxygens (including phenoxy) is 1. The predicted octanol–water partition coefficient (Wildman–Crippen LogP) is 2.44. The van der Waals surface area contributed by atoms with Crippen LogP contribution in [-0.2, 0) is 0 Å². The van der Waals surface area contributed by atoms with Crippen molar-refractivity contribution in [2.75, 3.05) is 19.7 Å². The van der Waals surface area contributed by atoms with Crippen molar-refractivity contribution in [1.29, 1.82) is 0 Å². The van der Waals surface area contributed by atoms with Gasteiger partial charge in [-0.25, -0.2) is 0 Å². The van der Waals surface area contributed by atoms with Crippen molar-refractivity contribution >= 4 is 5.91 Å². The van der Waals surface area contributed by atoms with Gasteiger partial charge < -0.3 is 15.0 Å². The maximum absolute atomic E-state index is 12.9. The van der Waals surface area contributed by atoms with Crippen LogP contribution in [0.5, 0.6) is 5.75 Å². The molecule has 2 saturated heterocycles. The number of carbonyl (C=O) groups is 1. The molecule has 1 amide bonds. The summed E-state index contributed by atoms with van der Waals surface area (Å²) in [5.74, 6) is 1.57. The zero-order valence-corrected chi connectivity index (χ0v) is 13.0. The minimum Gasteiger partial charge on any atom is -0.492 e. The number of benzene rings is 1. The summed E-state index contributed by atoms with van der Waals surface area (Å²) in [6.45, 7) is 2.42. The maximum atomic E-state index is 12.9. The van der Waals surface area contributed by atoms with Crippen molar-refractivity contribution in [3.8, 4) is 5.75 Å². The maximum Gasteiger partial charge on any atom is 0.257 e. The van der Waals surface area contributed by atoms with Crippen molar-refractivity contribution in [1.82, 2.24) is 10.2 Å². The Bertz CT molecular complexity index is 556. The van der Waals surface area contributed by atoms with Gasteiger partial charge in [-0.3, -0.25) is 4.79 Å². The lowest BCUT2D eigenvalue weighted by Crippen LogP contribution is -2.39. The van der Waals surface area contributed by atoms with Gasteiger partial charge in [0.25, 0.3) is 5.91 Å². The standard InChI is InChI=1S/C18H24N2O2/c21-18(20-10-9-14-7-8-15(11-20)19-14)16-3-1-2-4-17(16)22-12-13-5-6-13/h1-4,13-15,19H,5-12H2. The molecule has 2 heterocycles. The quantitative estimate of drug-likeness (QED) is 0.928. The third kappa shape index (κ3) is 2.98. The highest BCUT2D eigenvalue weighted by Crippen LogP contribution is 2.31. The molecule has 0 spiro atoms. The Morgan fingerprint density at radius 2 is 1.95 bits per heavy atom. The highest BCUT2D eigenvalue weighted by atomic mass is 16.5. The molecular weight excluding hydrogens is 276 g/mol. The summed E-state index contributed by atoms with van der Waals surface area (Å²) in [5, 5.41) is 3.63. The number of amides is 1. The Morgan fingerprint density at radius 1 is 1.14 bits per heavy atom. The van der Waals surface area contributed by atoms with Crippen LogP contribution in [-0.4, -0.2) is 42.6 Å². The number of fused-ring (bicyclic) bond motifs is 2. The van der Waals surface area contributed by atoms with Crippen molar-refractivity contribution in [2.24, 2.45) is 5.92 Å². The van der Waals surface area contributed by atoms with Crippen LogP contribution in [0, 0.1) is 5.92 Å². The van der Waals surface area contributed by atoms with E-state index in [2.05, 4.69) is 5.32 Å². The van der Waals surface area contributed by atoms with Gasteiger partial charge in [0.2, 0.25) is 0 Å². The summed E-state index contributed by atoms with van der Waals surface area (Å²) in [6, 6.07) is 8.78. The van der Waals surface area contributed by atoms with Crippen LogP contribution >= 0.6 is 0 Å². The molecule has 4 nitrogen and oxygen atoms in total. The van der Waals surface area contributed by atoms with Crippen molar-refractivity contribution in [3.63, 3.8) is 0 Å². The van der Waals surface area contributed by atoms with Gasteiger partial charge in [-0.1, -0.05) is 12.1 Å². The summed E-state index contributed by atoms with van der Waals surface area (Å²) in [6.07, 6.45) is 6.03. The largest absolute Gasteiger partial charge is 0.492 e. The molecular formula is C18H24N2O2. The first kappa shape index (κ1) is 14.1. The molecule has 3 aliphatic rings. The number of likely N-dealkylation sites (tertiary alicyclic amines) is 1. The normalized spacial score (nSPS) is 27.5. The lowest BCUT2D eigenvalue weighted by molar-refractivity contribution is 0.0743. The molecule has 0 aromatic heterocycles. The number of hydrogen-bond donors (Lipinski definition) is 1. The molecule has 4 heteroatoms. The molecule has 3 fully saturated rings. The van der Waals surface area contributed by atoms with E-state index in [9.17, 15) is 4.79 Å². The summed E-state index contributed by atoms with van der Waals surface area (Å²) in [5.41, 5.74) is 0.723. The zero-order valence-electron chi connectivity index (χ0n) is 13.0. The fourth-order valence-corrected chi connectivity index (χ4v) is 3.56. The molecule has 1 aromatic carbocycles. The number of nitrogens with one attached hydrogen (secondary N) is 1. The first-order valence-electron chi connectivity index (χ1n) is 8.57. The van der Waals surface area contributed by atoms with Crippen LogP contribution in [0.2, 0.25) is 0 Å². The van der Waals surface area contributed by atoms with Gasteiger partial charge in [0.15, 0.2) is 0 Å². The fourth-order valence-electron chi connectivity index (χ4n) is 3.56. The van der Waals surface area contributed by atoms with Crippen LogP contribution in [0.25, 0.3) is 0 Å². The Labute approximate surface area is 131 Å². The Morgan fingerprint density at radius 3 is 2.82 bits per heavy atom. The highest BCUT2D eigenvalue weighted by Gasteiger charge is 2.32. The van der Waals surface area contributed by atoms with Gasteiger partial charge >= 0.3 is 0 Å². The van der Waals surface area contributed by atoms with Crippen LogP contribution in [0.4, 0.5) is 0 Å². The van der Waals surface area contributed by atoms with E-state index in [0.717, 1.165) is 37.4 Å². The van der Waals surface area contributed by atoms with E-state index in [1.807, 2.05) is 29.2 Å². The molecule has 1 aliphatic carbocycles. The minimum absolute atomic E-state index is 0.126. The molecule has 2 atom stereocenters. The highest BCUT2D eigenvalue weighted by molar-refractivity contribution is 5.97. The number of carbonyl (C=O) groups excluding carboxylic acids is 1. The van der Waals surface area contributed by atoms with Gasteiger partial charge in [0.05, 0.1) is 12.2 Å². The van der Waals surface area contributed by atoms with Crippen molar-refractivity contribution in [3.05, 3.63) is 29.8 Å². The first-order valence-corrected chi connectivity index (χ1v) is 8.57. The second-order valence-electron chi connectivity index (χ2n) is 6.93. The molecule has 0 radical (unpaired) electrons. The molecule has 1 N–H and O–H groups in total. The Balaban J connectivity index is 1.49. The molecule has 4 rings (SSSR count).